The standard InChI is InChI=1S/C21H20N2O6/c1-14(22-18(24)13-29-15-7-3-2-4-8-15)21(27)28-12-11-23-19(25)16-9-5-6-10-17(16)20(23)26/h2-10,14H,11-13H2,1H3,(H,22,24)/t14-/m0/s1. The van der Waals surface area contributed by atoms with Gasteiger partial charge in [0.15, 0.2) is 6.61 Å². The van der Waals surface area contributed by atoms with Gasteiger partial charge in [-0.3, -0.25) is 19.3 Å². The Bertz CT molecular complexity index is 893. The zero-order valence-corrected chi connectivity index (χ0v) is 15.8. The maximum Gasteiger partial charge on any atom is 0.328 e. The van der Waals surface area contributed by atoms with Gasteiger partial charge in [0.1, 0.15) is 18.4 Å². The lowest BCUT2D eigenvalue weighted by Crippen LogP contribution is -2.42. The van der Waals surface area contributed by atoms with Crippen molar-refractivity contribution in [1.29, 1.82) is 0 Å². The molecule has 1 heterocycles. The normalized spacial score (nSPS) is 13.6. The number of nitrogens with one attached hydrogen (secondary N) is 1. The minimum atomic E-state index is -0.899. The molecule has 8 heteroatoms. The molecule has 0 saturated heterocycles. The maximum atomic E-state index is 12.2. The first-order chi connectivity index (χ1) is 14.0. The third kappa shape index (κ3) is 4.78. The highest BCUT2D eigenvalue weighted by atomic mass is 16.5. The zero-order valence-electron chi connectivity index (χ0n) is 15.8. The Kier molecular flexibility index (Phi) is 6.23. The second-order valence-corrected chi connectivity index (χ2v) is 6.37. The SMILES string of the molecule is C[C@H](NC(=O)COc1ccccc1)C(=O)OCCN1C(=O)c2ccccc2C1=O. The first-order valence-electron chi connectivity index (χ1n) is 9.06. The second kappa shape index (κ2) is 9.01. The molecule has 1 atom stereocenters. The van der Waals surface area contributed by atoms with Gasteiger partial charge in [0.2, 0.25) is 0 Å². The van der Waals surface area contributed by atoms with E-state index in [1.165, 1.54) is 6.92 Å². The first-order valence-corrected chi connectivity index (χ1v) is 9.06. The minimum absolute atomic E-state index is 0.0597. The fourth-order valence-electron chi connectivity index (χ4n) is 2.81. The molecule has 8 nitrogen and oxygen atoms in total. The lowest BCUT2D eigenvalue weighted by atomic mass is 10.1. The molecule has 0 fully saturated rings. The topological polar surface area (TPSA) is 102 Å². The van der Waals surface area contributed by atoms with E-state index < -0.39 is 29.7 Å². The smallest absolute Gasteiger partial charge is 0.328 e. The van der Waals surface area contributed by atoms with Crippen LogP contribution in [0.2, 0.25) is 0 Å². The highest BCUT2D eigenvalue weighted by molar-refractivity contribution is 6.21. The lowest BCUT2D eigenvalue weighted by Gasteiger charge is -2.16. The van der Waals surface area contributed by atoms with Gasteiger partial charge >= 0.3 is 5.97 Å². The number of amides is 3. The van der Waals surface area contributed by atoms with Crippen molar-refractivity contribution < 1.29 is 28.7 Å². The van der Waals surface area contributed by atoms with Gasteiger partial charge in [0.05, 0.1) is 17.7 Å². The fourth-order valence-corrected chi connectivity index (χ4v) is 2.81. The van der Waals surface area contributed by atoms with E-state index in [0.29, 0.717) is 16.9 Å². The van der Waals surface area contributed by atoms with Crippen LogP contribution in [-0.4, -0.2) is 54.4 Å². The van der Waals surface area contributed by atoms with Crippen LogP contribution < -0.4 is 10.1 Å². The van der Waals surface area contributed by atoms with Gasteiger partial charge < -0.3 is 14.8 Å². The van der Waals surface area contributed by atoms with Crippen molar-refractivity contribution >= 4 is 23.7 Å². The van der Waals surface area contributed by atoms with E-state index in [0.717, 1.165) is 4.90 Å². The van der Waals surface area contributed by atoms with E-state index in [2.05, 4.69) is 5.32 Å². The molecule has 0 radical (unpaired) electrons. The van der Waals surface area contributed by atoms with Crippen molar-refractivity contribution in [2.24, 2.45) is 0 Å². The molecule has 150 valence electrons. The van der Waals surface area contributed by atoms with E-state index in [1.807, 2.05) is 6.07 Å². The Balaban J connectivity index is 1.41. The third-order valence-corrected chi connectivity index (χ3v) is 4.28. The van der Waals surface area contributed by atoms with E-state index in [-0.39, 0.29) is 19.8 Å². The molecule has 29 heavy (non-hydrogen) atoms. The van der Waals surface area contributed by atoms with Crippen molar-refractivity contribution in [2.75, 3.05) is 19.8 Å². The Labute approximate surface area is 167 Å². The number of carbonyl (C=O) groups excluding carboxylic acids is 4. The first kappa shape index (κ1) is 20.1. The van der Waals surface area contributed by atoms with E-state index >= 15 is 0 Å². The molecule has 0 aromatic heterocycles. The number of carbonyl (C=O) groups is 4. The van der Waals surface area contributed by atoms with Crippen LogP contribution in [0.15, 0.2) is 54.6 Å². The number of nitrogens with zero attached hydrogens (tertiary/aromatic N) is 1. The summed E-state index contributed by atoms with van der Waals surface area (Å²) in [6, 6.07) is 14.4. The van der Waals surface area contributed by atoms with Gasteiger partial charge in [0, 0.05) is 0 Å². The summed E-state index contributed by atoms with van der Waals surface area (Å²) in [5.41, 5.74) is 0.672. The summed E-state index contributed by atoms with van der Waals surface area (Å²) >= 11 is 0. The fraction of sp³-hybridized carbons (Fsp3) is 0.238. The van der Waals surface area contributed by atoms with Crippen LogP contribution in [0.1, 0.15) is 27.6 Å². The predicted molar refractivity (Wildman–Crippen MR) is 102 cm³/mol. The third-order valence-electron chi connectivity index (χ3n) is 4.28. The molecule has 1 aliphatic rings. The summed E-state index contributed by atoms with van der Waals surface area (Å²) in [6.45, 7) is 1.02. The molecule has 0 spiro atoms. The number of hydrogen-bond acceptors (Lipinski definition) is 6. The number of para-hydroxylation sites is 1. The molecule has 3 amide bonds. The average molecular weight is 396 g/mol. The van der Waals surface area contributed by atoms with Crippen LogP contribution >= 0.6 is 0 Å². The second-order valence-electron chi connectivity index (χ2n) is 6.37. The van der Waals surface area contributed by atoms with Crippen LogP contribution in [0.4, 0.5) is 0 Å². The molecule has 3 rings (SSSR count). The molecule has 1 aliphatic heterocycles. The van der Waals surface area contributed by atoms with Gasteiger partial charge in [-0.25, -0.2) is 4.79 Å². The Morgan fingerprint density at radius 1 is 0.966 bits per heavy atom. The van der Waals surface area contributed by atoms with E-state index in [9.17, 15) is 19.2 Å². The lowest BCUT2D eigenvalue weighted by molar-refractivity contribution is -0.147. The van der Waals surface area contributed by atoms with Gasteiger partial charge in [-0.2, -0.15) is 0 Å². The monoisotopic (exact) mass is 396 g/mol. The molecule has 0 saturated carbocycles. The summed E-state index contributed by atoms with van der Waals surface area (Å²) in [5.74, 6) is -1.44. The summed E-state index contributed by atoms with van der Waals surface area (Å²) in [4.78, 5) is 49.5. The molecular weight excluding hydrogens is 376 g/mol. The number of ether oxygens (including phenoxy) is 2. The van der Waals surface area contributed by atoms with Crippen LogP contribution in [0, 0.1) is 0 Å². The number of imide groups is 1. The van der Waals surface area contributed by atoms with E-state index in [1.54, 1.807) is 48.5 Å². The van der Waals surface area contributed by atoms with Crippen molar-refractivity contribution in [2.45, 2.75) is 13.0 Å². The quantitative estimate of drug-likeness (QED) is 0.535. The molecule has 0 aliphatic carbocycles. The Morgan fingerprint density at radius 3 is 2.17 bits per heavy atom. The van der Waals surface area contributed by atoms with Crippen molar-refractivity contribution in [3.8, 4) is 5.75 Å². The highest BCUT2D eigenvalue weighted by Crippen LogP contribution is 2.21. The predicted octanol–water partition coefficient (Wildman–Crippen LogP) is 1.41. The number of hydrogen-bond donors (Lipinski definition) is 1. The Morgan fingerprint density at radius 2 is 1.55 bits per heavy atom. The van der Waals surface area contributed by atoms with E-state index in [4.69, 9.17) is 9.47 Å². The maximum absolute atomic E-state index is 12.2. The van der Waals surface area contributed by atoms with Crippen LogP contribution in [0.25, 0.3) is 0 Å². The van der Waals surface area contributed by atoms with Gasteiger partial charge in [-0.15, -0.1) is 0 Å². The molecule has 1 N–H and O–H groups in total. The zero-order chi connectivity index (χ0) is 20.8. The van der Waals surface area contributed by atoms with Crippen LogP contribution in [0.3, 0.4) is 0 Å². The molecule has 2 aromatic rings. The summed E-state index contributed by atoms with van der Waals surface area (Å²) in [5, 5.41) is 2.47. The number of rotatable bonds is 8. The summed E-state index contributed by atoms with van der Waals surface area (Å²) in [7, 11) is 0. The number of esters is 1. The molecular formula is C21H20N2O6. The number of benzene rings is 2. The molecule has 0 bridgehead atoms. The van der Waals surface area contributed by atoms with Gasteiger partial charge in [-0.1, -0.05) is 30.3 Å². The van der Waals surface area contributed by atoms with Gasteiger partial charge in [0.25, 0.3) is 17.7 Å². The molecule has 0 unspecified atom stereocenters. The van der Waals surface area contributed by atoms with Gasteiger partial charge in [-0.05, 0) is 31.2 Å². The number of fused-ring (bicyclic) bond motifs is 1. The van der Waals surface area contributed by atoms with Crippen molar-refractivity contribution in [3.05, 3.63) is 65.7 Å². The minimum Gasteiger partial charge on any atom is -0.484 e. The largest absolute Gasteiger partial charge is 0.484 e. The summed E-state index contributed by atoms with van der Waals surface area (Å²) < 4.78 is 10.4. The summed E-state index contributed by atoms with van der Waals surface area (Å²) in [6.07, 6.45) is 0. The molecule has 2 aromatic carbocycles. The van der Waals surface area contributed by atoms with Crippen molar-refractivity contribution in [1.82, 2.24) is 10.2 Å². The Hall–Kier alpha value is -3.68. The highest BCUT2D eigenvalue weighted by Gasteiger charge is 2.34. The average Bonchev–Trinajstić information content (AvgIpc) is 2.98. The van der Waals surface area contributed by atoms with Crippen LogP contribution in [-0.2, 0) is 14.3 Å². The van der Waals surface area contributed by atoms with Crippen molar-refractivity contribution in [3.63, 3.8) is 0 Å². The van der Waals surface area contributed by atoms with Crippen LogP contribution in [0.5, 0.6) is 5.75 Å².